The van der Waals surface area contributed by atoms with Crippen molar-refractivity contribution < 1.29 is 9.59 Å². The molecule has 1 aromatic carbocycles. The Hall–Kier alpha value is -4.47. The number of hydrogen-bond acceptors (Lipinski definition) is 6. The lowest BCUT2D eigenvalue weighted by Crippen LogP contribution is -2.45. The third kappa shape index (κ3) is 4.57. The van der Waals surface area contributed by atoms with E-state index in [9.17, 15) is 9.59 Å². The summed E-state index contributed by atoms with van der Waals surface area (Å²) in [6.07, 6.45) is 6.96. The zero-order valence-corrected chi connectivity index (χ0v) is 20.0. The molecule has 5 rings (SSSR count). The number of fused-ring (bicyclic) bond motifs is 1. The van der Waals surface area contributed by atoms with E-state index in [-0.39, 0.29) is 17.9 Å². The Kier molecular flexibility index (Phi) is 6.48. The summed E-state index contributed by atoms with van der Waals surface area (Å²) < 4.78 is 1.98. The van der Waals surface area contributed by atoms with Gasteiger partial charge < -0.3 is 21.3 Å². The molecule has 1 atom stereocenters. The number of carbonyl (C=O) groups excluding carboxylic acids is 2. The number of carbonyl (C=O) groups is 2. The SMILES string of the molecule is CCNC(=O)N1CCC[C@@H](c2nc(-c3ccc(C(=O)Nc4ccccn4)cc3)c3c(N)nccn23)C1. The van der Waals surface area contributed by atoms with Crippen molar-refractivity contribution in [2.75, 3.05) is 30.7 Å². The standard InChI is InChI=1S/C26H28N8O2/c1-2-28-26(36)33-14-5-6-19(16-33)24-32-21(22-23(27)30-13-15-34(22)24)17-8-10-18(11-9-17)25(35)31-20-7-3-4-12-29-20/h3-4,7-13,15,19H,2,5-6,14,16H2,1H3,(H2,27,30)(H,28,36)(H,29,31,35)/t19-/m1/s1. The van der Waals surface area contributed by atoms with E-state index in [1.165, 1.54) is 0 Å². The van der Waals surface area contributed by atoms with Crippen molar-refractivity contribution in [1.29, 1.82) is 0 Å². The molecule has 3 amide bonds. The molecular formula is C26H28N8O2. The van der Waals surface area contributed by atoms with Crippen LogP contribution >= 0.6 is 0 Å². The number of aromatic nitrogens is 4. The number of nitrogens with one attached hydrogen (secondary N) is 2. The number of hydrogen-bond donors (Lipinski definition) is 3. The van der Waals surface area contributed by atoms with Crippen LogP contribution in [0, 0.1) is 0 Å². The van der Waals surface area contributed by atoms with Crippen LogP contribution in [0.2, 0.25) is 0 Å². The van der Waals surface area contributed by atoms with Crippen LogP contribution in [0.3, 0.4) is 0 Å². The summed E-state index contributed by atoms with van der Waals surface area (Å²) in [5.74, 6) is 1.53. The van der Waals surface area contributed by atoms with Gasteiger partial charge >= 0.3 is 6.03 Å². The van der Waals surface area contributed by atoms with Gasteiger partial charge in [0.15, 0.2) is 0 Å². The molecule has 1 fully saturated rings. The van der Waals surface area contributed by atoms with Crippen LogP contribution < -0.4 is 16.4 Å². The van der Waals surface area contributed by atoms with Crippen molar-refractivity contribution in [3.05, 3.63) is 72.4 Å². The number of amides is 3. The first-order chi connectivity index (χ1) is 17.5. The van der Waals surface area contributed by atoms with Gasteiger partial charge in [-0.3, -0.25) is 9.20 Å². The van der Waals surface area contributed by atoms with E-state index >= 15 is 0 Å². The number of pyridine rings is 1. The molecule has 4 heterocycles. The monoisotopic (exact) mass is 484 g/mol. The summed E-state index contributed by atoms with van der Waals surface area (Å²) in [5, 5.41) is 5.68. The summed E-state index contributed by atoms with van der Waals surface area (Å²) in [6.45, 7) is 3.81. The van der Waals surface area contributed by atoms with Crippen LogP contribution in [0.1, 0.15) is 41.9 Å². The van der Waals surface area contributed by atoms with E-state index in [4.69, 9.17) is 10.7 Å². The number of nitrogens with zero attached hydrogens (tertiary/aromatic N) is 5. The summed E-state index contributed by atoms with van der Waals surface area (Å²) in [5.41, 5.74) is 9.04. The Morgan fingerprint density at radius 3 is 2.69 bits per heavy atom. The number of benzene rings is 1. The van der Waals surface area contributed by atoms with Gasteiger partial charge in [0.2, 0.25) is 0 Å². The average Bonchev–Trinajstić information content (AvgIpc) is 3.31. The Labute approximate surface area is 208 Å². The normalized spacial score (nSPS) is 15.6. The second-order valence-corrected chi connectivity index (χ2v) is 8.72. The summed E-state index contributed by atoms with van der Waals surface area (Å²) in [7, 11) is 0. The van der Waals surface area contributed by atoms with Gasteiger partial charge in [-0.25, -0.2) is 19.7 Å². The van der Waals surface area contributed by atoms with Gasteiger partial charge in [0, 0.05) is 55.3 Å². The topological polar surface area (TPSA) is 131 Å². The zero-order valence-electron chi connectivity index (χ0n) is 20.0. The molecule has 10 heteroatoms. The molecular weight excluding hydrogens is 456 g/mol. The zero-order chi connectivity index (χ0) is 25.1. The lowest BCUT2D eigenvalue weighted by atomic mass is 9.97. The molecule has 36 heavy (non-hydrogen) atoms. The first kappa shape index (κ1) is 23.3. The fourth-order valence-corrected chi connectivity index (χ4v) is 4.62. The average molecular weight is 485 g/mol. The van der Waals surface area contributed by atoms with Gasteiger partial charge in [-0.15, -0.1) is 0 Å². The molecule has 10 nitrogen and oxygen atoms in total. The maximum atomic E-state index is 12.6. The molecule has 4 N–H and O–H groups in total. The third-order valence-corrected chi connectivity index (χ3v) is 6.34. The van der Waals surface area contributed by atoms with Crippen molar-refractivity contribution in [2.45, 2.75) is 25.7 Å². The largest absolute Gasteiger partial charge is 0.382 e. The van der Waals surface area contributed by atoms with E-state index in [0.29, 0.717) is 41.5 Å². The number of anilines is 2. The number of nitrogen functional groups attached to an aromatic ring is 1. The van der Waals surface area contributed by atoms with Crippen LogP contribution in [0.4, 0.5) is 16.4 Å². The molecule has 0 unspecified atom stereocenters. The van der Waals surface area contributed by atoms with Crippen LogP contribution in [-0.2, 0) is 0 Å². The molecule has 1 saturated heterocycles. The molecule has 0 radical (unpaired) electrons. The minimum atomic E-state index is -0.246. The Balaban J connectivity index is 1.45. The lowest BCUT2D eigenvalue weighted by molar-refractivity contribution is 0.102. The molecule has 1 aliphatic heterocycles. The molecule has 0 saturated carbocycles. The van der Waals surface area contributed by atoms with Gasteiger partial charge in [-0.05, 0) is 44.0 Å². The quantitative estimate of drug-likeness (QED) is 0.397. The summed E-state index contributed by atoms with van der Waals surface area (Å²) in [6, 6.07) is 12.5. The first-order valence-electron chi connectivity index (χ1n) is 12.0. The van der Waals surface area contributed by atoms with Crippen molar-refractivity contribution >= 4 is 29.1 Å². The molecule has 4 aromatic rings. The fraction of sp³-hybridized carbons (Fsp3) is 0.269. The highest BCUT2D eigenvalue weighted by Crippen LogP contribution is 2.34. The minimum Gasteiger partial charge on any atom is -0.382 e. The molecule has 0 aliphatic carbocycles. The second kappa shape index (κ2) is 10.0. The minimum absolute atomic E-state index is 0.0518. The smallest absolute Gasteiger partial charge is 0.317 e. The van der Waals surface area contributed by atoms with Crippen molar-refractivity contribution in [2.24, 2.45) is 0 Å². The number of rotatable bonds is 5. The lowest BCUT2D eigenvalue weighted by Gasteiger charge is -2.32. The van der Waals surface area contributed by atoms with E-state index in [1.807, 2.05) is 40.6 Å². The summed E-state index contributed by atoms with van der Waals surface area (Å²) in [4.78, 5) is 40.3. The Morgan fingerprint density at radius 1 is 1.11 bits per heavy atom. The number of imidazole rings is 1. The maximum absolute atomic E-state index is 12.6. The van der Waals surface area contributed by atoms with E-state index in [0.717, 1.165) is 30.8 Å². The second-order valence-electron chi connectivity index (χ2n) is 8.72. The third-order valence-electron chi connectivity index (χ3n) is 6.34. The van der Waals surface area contributed by atoms with Gasteiger partial charge in [-0.1, -0.05) is 18.2 Å². The van der Waals surface area contributed by atoms with Gasteiger partial charge in [-0.2, -0.15) is 0 Å². The van der Waals surface area contributed by atoms with Crippen LogP contribution in [0.15, 0.2) is 61.1 Å². The Bertz CT molecular complexity index is 1380. The molecule has 1 aliphatic rings. The first-order valence-corrected chi connectivity index (χ1v) is 12.0. The van der Waals surface area contributed by atoms with Gasteiger partial charge in [0.25, 0.3) is 5.91 Å². The molecule has 0 bridgehead atoms. The van der Waals surface area contributed by atoms with Crippen molar-refractivity contribution in [3.8, 4) is 11.3 Å². The van der Waals surface area contributed by atoms with E-state index in [1.54, 1.807) is 36.7 Å². The highest BCUT2D eigenvalue weighted by atomic mass is 16.2. The van der Waals surface area contributed by atoms with Crippen LogP contribution in [0.5, 0.6) is 0 Å². The number of likely N-dealkylation sites (tertiary alicyclic amines) is 1. The molecule has 184 valence electrons. The van der Waals surface area contributed by atoms with Crippen molar-refractivity contribution in [3.63, 3.8) is 0 Å². The van der Waals surface area contributed by atoms with E-state index < -0.39 is 0 Å². The number of piperidine rings is 1. The molecule has 0 spiro atoms. The van der Waals surface area contributed by atoms with Crippen LogP contribution in [-0.4, -0.2) is 55.8 Å². The fourth-order valence-electron chi connectivity index (χ4n) is 4.62. The predicted molar refractivity (Wildman–Crippen MR) is 138 cm³/mol. The van der Waals surface area contributed by atoms with Crippen molar-refractivity contribution in [1.82, 2.24) is 29.6 Å². The predicted octanol–water partition coefficient (Wildman–Crippen LogP) is 3.53. The summed E-state index contributed by atoms with van der Waals surface area (Å²) >= 11 is 0. The van der Waals surface area contributed by atoms with Gasteiger partial charge in [0.1, 0.15) is 28.7 Å². The van der Waals surface area contributed by atoms with E-state index in [2.05, 4.69) is 20.6 Å². The van der Waals surface area contributed by atoms with Gasteiger partial charge in [0.05, 0.1) is 0 Å². The number of urea groups is 1. The molecule has 3 aromatic heterocycles. The van der Waals surface area contributed by atoms with Crippen LogP contribution in [0.25, 0.3) is 16.8 Å². The highest BCUT2D eigenvalue weighted by molar-refractivity contribution is 6.04. The maximum Gasteiger partial charge on any atom is 0.317 e. The number of nitrogens with two attached hydrogens (primary N) is 1. The Morgan fingerprint density at radius 2 is 1.94 bits per heavy atom. The highest BCUT2D eigenvalue weighted by Gasteiger charge is 2.29.